The summed E-state index contributed by atoms with van der Waals surface area (Å²) in [5.74, 6) is 2.97. The van der Waals surface area contributed by atoms with E-state index in [1.165, 1.54) is 31.2 Å². The van der Waals surface area contributed by atoms with Crippen LogP contribution in [0.2, 0.25) is 0 Å². The molecule has 3 N–H and O–H groups in total. The van der Waals surface area contributed by atoms with Gasteiger partial charge in [0.25, 0.3) is 5.91 Å². The third kappa shape index (κ3) is 6.53. The summed E-state index contributed by atoms with van der Waals surface area (Å²) in [7, 11) is 0. The quantitative estimate of drug-likeness (QED) is 0.343. The summed E-state index contributed by atoms with van der Waals surface area (Å²) in [5.41, 5.74) is 6.30. The molecule has 2 aliphatic rings. The molecule has 1 aliphatic heterocycles. The molecule has 1 saturated carbocycles. The molecule has 2 fully saturated rings. The zero-order valence-corrected chi connectivity index (χ0v) is 19.1. The van der Waals surface area contributed by atoms with Gasteiger partial charge in [0.05, 0.1) is 0 Å². The summed E-state index contributed by atoms with van der Waals surface area (Å²) >= 11 is 0. The number of benzene rings is 1. The number of rotatable bonds is 7. The average molecular weight is 500 g/mol. The predicted molar refractivity (Wildman–Crippen MR) is 123 cm³/mol. The van der Waals surface area contributed by atoms with Gasteiger partial charge in [0, 0.05) is 26.2 Å². The summed E-state index contributed by atoms with van der Waals surface area (Å²) in [4.78, 5) is 18.1. The molecule has 1 aliphatic carbocycles. The summed E-state index contributed by atoms with van der Waals surface area (Å²) in [6.45, 7) is 6.01. The van der Waals surface area contributed by atoms with Crippen LogP contribution in [0.3, 0.4) is 0 Å². The van der Waals surface area contributed by atoms with Gasteiger partial charge in [-0.1, -0.05) is 25.0 Å². The largest absolute Gasteiger partial charge is 0.484 e. The normalized spacial score (nSPS) is 21.6. The molecular formula is C21H33IN4O2. The molecule has 1 aromatic rings. The number of likely N-dealkylation sites (tertiary alicyclic amines) is 1. The van der Waals surface area contributed by atoms with Gasteiger partial charge in [0.1, 0.15) is 5.75 Å². The van der Waals surface area contributed by atoms with Gasteiger partial charge in [-0.3, -0.25) is 9.79 Å². The van der Waals surface area contributed by atoms with Crippen LogP contribution in [0.5, 0.6) is 5.75 Å². The summed E-state index contributed by atoms with van der Waals surface area (Å²) in [6.07, 6.45) is 6.42. The third-order valence-corrected chi connectivity index (χ3v) is 5.58. The van der Waals surface area contributed by atoms with E-state index in [9.17, 15) is 4.79 Å². The van der Waals surface area contributed by atoms with Crippen molar-refractivity contribution in [3.63, 3.8) is 0 Å². The van der Waals surface area contributed by atoms with Crippen molar-refractivity contribution < 1.29 is 9.53 Å². The molecule has 6 nitrogen and oxygen atoms in total. The van der Waals surface area contributed by atoms with Gasteiger partial charge in [0.2, 0.25) is 0 Å². The molecule has 28 heavy (non-hydrogen) atoms. The highest BCUT2D eigenvalue weighted by atomic mass is 127. The van der Waals surface area contributed by atoms with Crippen molar-refractivity contribution in [3.8, 4) is 5.75 Å². The van der Waals surface area contributed by atoms with Crippen molar-refractivity contribution in [1.82, 2.24) is 10.2 Å². The van der Waals surface area contributed by atoms with E-state index in [0.29, 0.717) is 5.75 Å². The van der Waals surface area contributed by atoms with Gasteiger partial charge < -0.3 is 20.7 Å². The molecule has 1 aromatic carbocycles. The summed E-state index contributed by atoms with van der Waals surface area (Å²) in [5, 5.41) is 3.47. The number of carbonyl (C=O) groups is 1. The number of nitrogens with zero attached hydrogens (tertiary/aromatic N) is 2. The van der Waals surface area contributed by atoms with Crippen molar-refractivity contribution in [2.75, 3.05) is 32.8 Å². The Balaban J connectivity index is 0.00000280. The number of amides is 1. The van der Waals surface area contributed by atoms with E-state index in [0.717, 1.165) is 50.4 Å². The van der Waals surface area contributed by atoms with Crippen LogP contribution in [0, 0.1) is 11.8 Å². The fourth-order valence-corrected chi connectivity index (χ4v) is 4.20. The van der Waals surface area contributed by atoms with E-state index >= 15 is 0 Å². The van der Waals surface area contributed by atoms with Gasteiger partial charge in [-0.15, -0.1) is 24.0 Å². The molecule has 0 spiro atoms. The van der Waals surface area contributed by atoms with Gasteiger partial charge in [-0.05, 0) is 55.7 Å². The van der Waals surface area contributed by atoms with Crippen LogP contribution in [0.1, 0.15) is 38.2 Å². The Morgan fingerprint density at radius 2 is 1.86 bits per heavy atom. The second-order valence-electron chi connectivity index (χ2n) is 7.59. The van der Waals surface area contributed by atoms with E-state index in [1.807, 2.05) is 24.3 Å². The van der Waals surface area contributed by atoms with Crippen LogP contribution >= 0.6 is 24.0 Å². The third-order valence-electron chi connectivity index (χ3n) is 5.58. The molecule has 1 saturated heterocycles. The molecule has 3 rings (SSSR count). The minimum Gasteiger partial charge on any atom is -0.484 e. The summed E-state index contributed by atoms with van der Waals surface area (Å²) in [6, 6.07) is 7.78. The molecular weight excluding hydrogens is 467 g/mol. The van der Waals surface area contributed by atoms with Crippen molar-refractivity contribution in [1.29, 1.82) is 0 Å². The van der Waals surface area contributed by atoms with E-state index < -0.39 is 5.91 Å². The Bertz CT molecular complexity index is 636. The number of aliphatic imine (C=N–C) groups is 1. The first-order chi connectivity index (χ1) is 13.2. The van der Waals surface area contributed by atoms with E-state index in [1.54, 1.807) is 0 Å². The maximum absolute atomic E-state index is 10.8. The van der Waals surface area contributed by atoms with Crippen LogP contribution in [-0.4, -0.2) is 49.6 Å². The second kappa shape index (κ2) is 11.5. The molecule has 0 bridgehead atoms. The van der Waals surface area contributed by atoms with Crippen LogP contribution in [-0.2, 0) is 11.2 Å². The lowest BCUT2D eigenvalue weighted by atomic mass is 9.82. The highest BCUT2D eigenvalue weighted by molar-refractivity contribution is 14.0. The smallest absolute Gasteiger partial charge is 0.255 e. The Morgan fingerprint density at radius 1 is 1.21 bits per heavy atom. The SMILES string of the molecule is CCNC(=NCCc1ccc(OCC(N)=O)cc1)N1CC2CCCCC2C1.I. The Hall–Kier alpha value is -1.51. The zero-order chi connectivity index (χ0) is 19.1. The van der Waals surface area contributed by atoms with Crippen LogP contribution < -0.4 is 15.8 Å². The maximum atomic E-state index is 10.8. The minimum atomic E-state index is -0.467. The monoisotopic (exact) mass is 500 g/mol. The number of primary amides is 1. The van der Waals surface area contributed by atoms with E-state index in [2.05, 4.69) is 17.1 Å². The molecule has 2 atom stereocenters. The number of halogens is 1. The number of nitrogens with two attached hydrogens (primary N) is 1. The number of nitrogens with one attached hydrogen (secondary N) is 1. The average Bonchev–Trinajstić information content (AvgIpc) is 3.10. The first-order valence-corrected chi connectivity index (χ1v) is 10.2. The van der Waals surface area contributed by atoms with Crippen molar-refractivity contribution in [3.05, 3.63) is 29.8 Å². The highest BCUT2D eigenvalue weighted by Gasteiger charge is 2.35. The fourth-order valence-electron chi connectivity index (χ4n) is 4.20. The lowest BCUT2D eigenvalue weighted by Gasteiger charge is -2.22. The molecule has 0 aromatic heterocycles. The highest BCUT2D eigenvalue weighted by Crippen LogP contribution is 2.35. The molecule has 156 valence electrons. The fraction of sp³-hybridized carbons (Fsp3) is 0.619. The molecule has 7 heteroatoms. The zero-order valence-electron chi connectivity index (χ0n) is 16.7. The number of guanidine groups is 1. The Kier molecular flexibility index (Phi) is 9.34. The standard InChI is InChI=1S/C21H32N4O2.HI/c1-2-23-21(25-13-17-5-3-4-6-18(17)14-25)24-12-11-16-7-9-19(10-8-16)27-15-20(22)26;/h7-10,17-18H,2-6,11-15H2,1H3,(H2,22,26)(H,23,24);1H. The van der Waals surface area contributed by atoms with E-state index in [-0.39, 0.29) is 30.6 Å². The second-order valence-corrected chi connectivity index (χ2v) is 7.59. The topological polar surface area (TPSA) is 80.0 Å². The van der Waals surface area contributed by atoms with Gasteiger partial charge >= 0.3 is 0 Å². The van der Waals surface area contributed by atoms with Gasteiger partial charge in [-0.2, -0.15) is 0 Å². The Morgan fingerprint density at radius 3 is 2.43 bits per heavy atom. The molecule has 1 heterocycles. The van der Waals surface area contributed by atoms with Crippen LogP contribution in [0.4, 0.5) is 0 Å². The van der Waals surface area contributed by atoms with Crippen molar-refractivity contribution in [2.24, 2.45) is 22.6 Å². The molecule has 2 unspecified atom stereocenters. The maximum Gasteiger partial charge on any atom is 0.255 e. The Labute approximate surface area is 185 Å². The number of fused-ring (bicyclic) bond motifs is 1. The van der Waals surface area contributed by atoms with Gasteiger partial charge in [0.15, 0.2) is 12.6 Å². The van der Waals surface area contributed by atoms with Crippen LogP contribution in [0.15, 0.2) is 29.3 Å². The van der Waals surface area contributed by atoms with Crippen molar-refractivity contribution >= 4 is 35.8 Å². The first-order valence-electron chi connectivity index (χ1n) is 10.2. The predicted octanol–water partition coefficient (Wildman–Crippen LogP) is 2.80. The summed E-state index contributed by atoms with van der Waals surface area (Å²) < 4.78 is 5.29. The van der Waals surface area contributed by atoms with Crippen molar-refractivity contribution in [2.45, 2.75) is 39.0 Å². The lowest BCUT2D eigenvalue weighted by molar-refractivity contribution is -0.119. The van der Waals surface area contributed by atoms with Gasteiger partial charge in [-0.25, -0.2) is 0 Å². The van der Waals surface area contributed by atoms with E-state index in [4.69, 9.17) is 15.5 Å². The molecule has 0 radical (unpaired) electrons. The number of hydrogen-bond acceptors (Lipinski definition) is 3. The number of ether oxygens (including phenoxy) is 1. The number of carbonyl (C=O) groups excluding carboxylic acids is 1. The lowest BCUT2D eigenvalue weighted by Crippen LogP contribution is -2.40. The first kappa shape index (κ1) is 22.8. The minimum absolute atomic E-state index is 0. The molecule has 1 amide bonds. The van der Waals surface area contributed by atoms with Crippen LogP contribution in [0.25, 0.3) is 0 Å². The number of hydrogen-bond donors (Lipinski definition) is 2.